The molecule has 0 aromatic rings. The second-order valence-corrected chi connectivity index (χ2v) is 7.20. The average Bonchev–Trinajstić information content (AvgIpc) is 3.30. The minimum Gasteiger partial charge on any atom is -0.396 e. The lowest BCUT2D eigenvalue weighted by Gasteiger charge is -2.56. The summed E-state index contributed by atoms with van der Waals surface area (Å²) in [6.45, 7) is 2.10. The molecule has 1 N–H and O–H groups in total. The molecule has 4 rings (SSSR count). The summed E-state index contributed by atoms with van der Waals surface area (Å²) in [5.74, 6) is 0.0472. The summed E-state index contributed by atoms with van der Waals surface area (Å²) < 4.78 is 18.8. The van der Waals surface area contributed by atoms with Crippen LogP contribution < -0.4 is 0 Å². The molecule has 0 amide bonds. The van der Waals surface area contributed by atoms with Crippen LogP contribution in [0.1, 0.15) is 51.4 Å². The zero-order valence-corrected chi connectivity index (χ0v) is 13.6. The largest absolute Gasteiger partial charge is 0.396 e. The summed E-state index contributed by atoms with van der Waals surface area (Å²) in [6, 6.07) is 0. The van der Waals surface area contributed by atoms with E-state index in [9.17, 15) is 9.90 Å². The summed E-state index contributed by atoms with van der Waals surface area (Å²) >= 11 is 0. The Morgan fingerprint density at radius 3 is 2.17 bits per heavy atom. The normalized spacial score (nSPS) is 43.2. The van der Waals surface area contributed by atoms with Crippen LogP contribution in [0.15, 0.2) is 11.6 Å². The molecule has 3 saturated heterocycles. The van der Waals surface area contributed by atoms with Crippen LogP contribution in [-0.2, 0) is 19.0 Å². The Hall–Kier alpha value is -0.750. The van der Waals surface area contributed by atoms with Crippen LogP contribution in [0.25, 0.3) is 0 Å². The predicted molar refractivity (Wildman–Crippen MR) is 83.2 cm³/mol. The van der Waals surface area contributed by atoms with Gasteiger partial charge in [-0.15, -0.1) is 0 Å². The summed E-state index contributed by atoms with van der Waals surface area (Å²) in [5, 5.41) is 9.25. The molecule has 3 spiro atoms. The van der Waals surface area contributed by atoms with Crippen LogP contribution in [0.2, 0.25) is 0 Å². The van der Waals surface area contributed by atoms with Gasteiger partial charge >= 0.3 is 0 Å². The first kappa shape index (κ1) is 15.8. The zero-order chi connectivity index (χ0) is 16.0. The molecule has 3 heterocycles. The molecule has 5 nitrogen and oxygen atoms in total. The maximum atomic E-state index is 13.1. The topological polar surface area (TPSA) is 65.0 Å². The maximum Gasteiger partial charge on any atom is 0.190 e. The molecule has 0 radical (unpaired) electrons. The second-order valence-electron chi connectivity index (χ2n) is 7.20. The molecule has 128 valence electrons. The number of aliphatic hydroxyl groups is 1. The molecule has 0 bridgehead atoms. The molecule has 0 saturated carbocycles. The van der Waals surface area contributed by atoms with Crippen molar-refractivity contribution in [3.63, 3.8) is 0 Å². The van der Waals surface area contributed by atoms with Crippen molar-refractivity contribution in [1.82, 2.24) is 0 Å². The van der Waals surface area contributed by atoms with Crippen LogP contribution in [0.3, 0.4) is 0 Å². The first-order chi connectivity index (χ1) is 11.2. The van der Waals surface area contributed by atoms with Crippen molar-refractivity contribution in [3.8, 4) is 0 Å². The van der Waals surface area contributed by atoms with E-state index in [1.54, 1.807) is 6.08 Å². The number of carbonyl (C=O) groups is 1. The van der Waals surface area contributed by atoms with Gasteiger partial charge in [0.25, 0.3) is 0 Å². The van der Waals surface area contributed by atoms with Crippen LogP contribution in [0.5, 0.6) is 0 Å². The van der Waals surface area contributed by atoms with Gasteiger partial charge in [-0.25, -0.2) is 0 Å². The quantitative estimate of drug-likeness (QED) is 0.860. The summed E-state index contributed by atoms with van der Waals surface area (Å²) in [7, 11) is 0. The van der Waals surface area contributed by atoms with E-state index in [-0.39, 0.29) is 12.4 Å². The Labute approximate surface area is 137 Å². The molecule has 3 fully saturated rings. The SMILES string of the molecule is O=C1C=C(CCCO)[C@@]2(CCCO2)[C@@]2(CCCO2)[C@@]12CCCO2. The number of aliphatic hydroxyl groups excluding tert-OH is 1. The first-order valence-corrected chi connectivity index (χ1v) is 8.99. The van der Waals surface area contributed by atoms with Gasteiger partial charge in [0.05, 0.1) is 0 Å². The van der Waals surface area contributed by atoms with Crippen LogP contribution in [-0.4, -0.2) is 54.1 Å². The number of ether oxygens (including phenoxy) is 3. The third-order valence-electron chi connectivity index (χ3n) is 6.20. The van der Waals surface area contributed by atoms with E-state index < -0.39 is 16.8 Å². The second kappa shape index (κ2) is 5.66. The van der Waals surface area contributed by atoms with E-state index in [4.69, 9.17) is 14.2 Å². The monoisotopic (exact) mass is 322 g/mol. The molecular weight excluding hydrogens is 296 g/mol. The van der Waals surface area contributed by atoms with Crippen LogP contribution >= 0.6 is 0 Å². The Kier molecular flexibility index (Phi) is 3.88. The molecular formula is C18H26O5. The van der Waals surface area contributed by atoms with Crippen molar-refractivity contribution in [1.29, 1.82) is 0 Å². The fourth-order valence-corrected chi connectivity index (χ4v) is 5.36. The number of carbonyl (C=O) groups excluding carboxylic acids is 1. The van der Waals surface area contributed by atoms with E-state index in [2.05, 4.69) is 0 Å². The molecule has 0 aromatic carbocycles. The van der Waals surface area contributed by atoms with Gasteiger partial charge in [-0.2, -0.15) is 0 Å². The lowest BCUT2D eigenvalue weighted by atomic mass is 9.58. The van der Waals surface area contributed by atoms with Crippen LogP contribution in [0, 0.1) is 0 Å². The van der Waals surface area contributed by atoms with E-state index in [1.165, 1.54) is 0 Å². The van der Waals surface area contributed by atoms with Crippen LogP contribution in [0.4, 0.5) is 0 Å². The van der Waals surface area contributed by atoms with Gasteiger partial charge in [-0.3, -0.25) is 4.79 Å². The van der Waals surface area contributed by atoms with Gasteiger partial charge in [0.15, 0.2) is 11.4 Å². The minimum atomic E-state index is -0.865. The highest BCUT2D eigenvalue weighted by Crippen LogP contribution is 2.60. The summed E-state index contributed by atoms with van der Waals surface area (Å²) in [6.07, 6.45) is 8.32. The third kappa shape index (κ3) is 1.91. The highest BCUT2D eigenvalue weighted by molar-refractivity contribution is 6.01. The fourth-order valence-electron chi connectivity index (χ4n) is 5.36. The van der Waals surface area contributed by atoms with Crippen molar-refractivity contribution < 1.29 is 24.1 Å². The van der Waals surface area contributed by atoms with E-state index in [0.717, 1.165) is 44.1 Å². The molecule has 1 aliphatic carbocycles. The van der Waals surface area contributed by atoms with Crippen molar-refractivity contribution >= 4 is 5.78 Å². The molecule has 0 unspecified atom stereocenters. The summed E-state index contributed by atoms with van der Waals surface area (Å²) in [4.78, 5) is 13.1. The highest BCUT2D eigenvalue weighted by Gasteiger charge is 2.73. The zero-order valence-electron chi connectivity index (χ0n) is 13.6. The van der Waals surface area contributed by atoms with Crippen molar-refractivity contribution in [2.24, 2.45) is 0 Å². The Morgan fingerprint density at radius 2 is 1.61 bits per heavy atom. The number of hydrogen-bond donors (Lipinski definition) is 1. The molecule has 3 atom stereocenters. The third-order valence-corrected chi connectivity index (χ3v) is 6.20. The molecule has 5 heteroatoms. The van der Waals surface area contributed by atoms with Gasteiger partial charge in [0.1, 0.15) is 11.2 Å². The Morgan fingerprint density at radius 1 is 0.957 bits per heavy atom. The highest BCUT2D eigenvalue weighted by atomic mass is 16.6. The number of rotatable bonds is 3. The van der Waals surface area contributed by atoms with Gasteiger partial charge in [0.2, 0.25) is 0 Å². The van der Waals surface area contributed by atoms with E-state index in [0.29, 0.717) is 32.7 Å². The lowest BCUT2D eigenvalue weighted by molar-refractivity contribution is -0.240. The van der Waals surface area contributed by atoms with Gasteiger partial charge in [-0.05, 0) is 63.0 Å². The lowest BCUT2D eigenvalue weighted by Crippen LogP contribution is -2.72. The average molecular weight is 322 g/mol. The molecule has 23 heavy (non-hydrogen) atoms. The van der Waals surface area contributed by atoms with Gasteiger partial charge < -0.3 is 19.3 Å². The Balaban J connectivity index is 1.86. The summed E-state index contributed by atoms with van der Waals surface area (Å²) in [5.41, 5.74) is -1.08. The van der Waals surface area contributed by atoms with E-state index >= 15 is 0 Å². The van der Waals surface area contributed by atoms with Crippen molar-refractivity contribution in [2.75, 3.05) is 26.4 Å². The van der Waals surface area contributed by atoms with Gasteiger partial charge in [-0.1, -0.05) is 0 Å². The standard InChI is InChI=1S/C18H26O5/c19-9-1-5-14-13-15(20)17(7-3-11-22-17)18(8-4-12-23-18)16(14)6-2-10-21-16/h13,19H,1-12H2/t16-,17+,18-/m0/s1. The number of ketones is 1. The predicted octanol–water partition coefficient (Wildman–Crippen LogP) is 1.92. The molecule has 0 aromatic heterocycles. The first-order valence-electron chi connectivity index (χ1n) is 8.99. The molecule has 3 aliphatic heterocycles. The minimum absolute atomic E-state index is 0.0472. The smallest absolute Gasteiger partial charge is 0.190 e. The fraction of sp³-hybridized carbons (Fsp3) is 0.833. The van der Waals surface area contributed by atoms with Crippen molar-refractivity contribution in [2.45, 2.75) is 68.2 Å². The molecule has 4 aliphatic rings. The number of fused-ring (bicyclic) bond motifs is 2. The van der Waals surface area contributed by atoms with E-state index in [1.807, 2.05) is 0 Å². The number of hydrogen-bond acceptors (Lipinski definition) is 5. The Bertz CT molecular complexity index is 506. The maximum absolute atomic E-state index is 13.1. The van der Waals surface area contributed by atoms with Gasteiger partial charge in [0, 0.05) is 26.4 Å². The van der Waals surface area contributed by atoms with Crippen molar-refractivity contribution in [3.05, 3.63) is 11.6 Å².